The van der Waals surface area contributed by atoms with E-state index < -0.39 is 17.7 Å². The van der Waals surface area contributed by atoms with Gasteiger partial charge in [-0.15, -0.1) is 0 Å². The Hall–Kier alpha value is -4.05. The minimum absolute atomic E-state index is 0.0470. The molecule has 2 aromatic carbocycles. The van der Waals surface area contributed by atoms with Gasteiger partial charge >= 0.3 is 12.1 Å². The Morgan fingerprint density at radius 2 is 1.84 bits per heavy atom. The van der Waals surface area contributed by atoms with Gasteiger partial charge in [0, 0.05) is 10.9 Å². The lowest BCUT2D eigenvalue weighted by atomic mass is 10.1. The van der Waals surface area contributed by atoms with Gasteiger partial charge in [0.2, 0.25) is 0 Å². The topological polar surface area (TPSA) is 97.8 Å². The monoisotopic (exact) mass is 432 g/mol. The molecule has 3 aromatic rings. The zero-order valence-electron chi connectivity index (χ0n) is 18.1. The minimum atomic E-state index is -1.17. The second-order valence-electron chi connectivity index (χ2n) is 7.94. The van der Waals surface area contributed by atoms with E-state index in [0.717, 1.165) is 5.56 Å². The van der Waals surface area contributed by atoms with Crippen LogP contribution in [0.1, 0.15) is 42.4 Å². The first-order valence-electron chi connectivity index (χ1n) is 10.0. The van der Waals surface area contributed by atoms with Gasteiger partial charge in [0.25, 0.3) is 0 Å². The molecule has 1 heterocycles. The summed E-state index contributed by atoms with van der Waals surface area (Å²) < 4.78 is 11.1. The molecule has 0 spiro atoms. The van der Waals surface area contributed by atoms with Crippen molar-refractivity contribution >= 4 is 23.0 Å². The van der Waals surface area contributed by atoms with Crippen molar-refractivity contribution in [1.82, 2.24) is 10.3 Å². The number of hydrogen-bond donors (Lipinski definition) is 2. The summed E-state index contributed by atoms with van der Waals surface area (Å²) in [6, 6.07) is 16.4. The molecule has 7 nitrogen and oxygen atoms in total. The molecule has 0 unspecified atom stereocenters. The zero-order valence-corrected chi connectivity index (χ0v) is 18.1. The van der Waals surface area contributed by atoms with Crippen LogP contribution in [0.3, 0.4) is 0 Å². The molecular formula is C25H24N2O5. The number of carboxylic acids is 1. The van der Waals surface area contributed by atoms with Crippen LogP contribution in [0.25, 0.3) is 10.9 Å². The lowest BCUT2D eigenvalue weighted by molar-refractivity contribution is 0.0534. The largest absolute Gasteiger partial charge is 0.487 e. The molecule has 3 rings (SSSR count). The lowest BCUT2D eigenvalue weighted by Gasteiger charge is -2.19. The third-order valence-corrected chi connectivity index (χ3v) is 4.20. The molecule has 0 aliphatic rings. The van der Waals surface area contributed by atoms with E-state index >= 15 is 0 Å². The van der Waals surface area contributed by atoms with Crippen LogP contribution in [0.5, 0.6) is 5.75 Å². The van der Waals surface area contributed by atoms with Gasteiger partial charge in [0.05, 0.1) is 6.54 Å². The van der Waals surface area contributed by atoms with Crippen LogP contribution in [0, 0.1) is 11.8 Å². The Morgan fingerprint density at radius 1 is 1.09 bits per heavy atom. The molecule has 0 saturated carbocycles. The van der Waals surface area contributed by atoms with Crippen LogP contribution < -0.4 is 10.1 Å². The van der Waals surface area contributed by atoms with Crippen LogP contribution in [-0.2, 0) is 11.3 Å². The molecule has 0 bridgehead atoms. The summed E-state index contributed by atoms with van der Waals surface area (Å²) in [6.07, 6.45) is -0.575. The van der Waals surface area contributed by atoms with Crippen molar-refractivity contribution in [2.45, 2.75) is 33.0 Å². The van der Waals surface area contributed by atoms with Gasteiger partial charge < -0.3 is 19.9 Å². The molecule has 32 heavy (non-hydrogen) atoms. The molecule has 2 N–H and O–H groups in total. The van der Waals surface area contributed by atoms with Crippen LogP contribution in [0.2, 0.25) is 0 Å². The molecule has 0 aliphatic heterocycles. The number of ether oxygens (including phenoxy) is 2. The van der Waals surface area contributed by atoms with Crippen molar-refractivity contribution in [3.63, 3.8) is 0 Å². The fourth-order valence-electron chi connectivity index (χ4n) is 2.86. The van der Waals surface area contributed by atoms with E-state index in [-0.39, 0.29) is 12.2 Å². The Morgan fingerprint density at radius 3 is 2.53 bits per heavy atom. The van der Waals surface area contributed by atoms with Crippen LogP contribution in [0.4, 0.5) is 4.79 Å². The van der Waals surface area contributed by atoms with E-state index in [1.54, 1.807) is 39.0 Å². The number of aromatic nitrogens is 1. The number of aromatic carboxylic acids is 1. The number of benzene rings is 2. The predicted molar refractivity (Wildman–Crippen MR) is 121 cm³/mol. The molecule has 0 fully saturated rings. The standard InChI is InChI=1S/C25H24N2O5/c1-25(2,3)32-24(30)26-14-8-11-18-15-20(23(28)29)27-22-19(18)12-7-13-21(22)31-16-17-9-5-4-6-10-17/h4-7,9-10,12-13,15H,14,16H2,1-3H3,(H,26,30)(H,28,29). The number of pyridine rings is 1. The van der Waals surface area contributed by atoms with Gasteiger partial charge in [-0.05, 0) is 38.5 Å². The van der Waals surface area contributed by atoms with E-state index in [9.17, 15) is 14.7 Å². The van der Waals surface area contributed by atoms with Gasteiger partial charge in [0.15, 0.2) is 0 Å². The first kappa shape index (κ1) is 22.6. The van der Waals surface area contributed by atoms with Crippen molar-refractivity contribution in [2.75, 3.05) is 6.54 Å². The number of fused-ring (bicyclic) bond motifs is 1. The maximum atomic E-state index is 11.8. The van der Waals surface area contributed by atoms with Gasteiger partial charge in [-0.2, -0.15) is 0 Å². The first-order valence-corrected chi connectivity index (χ1v) is 10.0. The van der Waals surface area contributed by atoms with E-state index in [0.29, 0.717) is 28.8 Å². The molecular weight excluding hydrogens is 408 g/mol. The highest BCUT2D eigenvalue weighted by molar-refractivity contribution is 5.95. The summed E-state index contributed by atoms with van der Waals surface area (Å²) in [6.45, 7) is 5.68. The van der Waals surface area contributed by atoms with Crippen LogP contribution >= 0.6 is 0 Å². The Labute approximate surface area is 186 Å². The molecule has 0 saturated heterocycles. The highest BCUT2D eigenvalue weighted by Gasteiger charge is 2.15. The van der Waals surface area contributed by atoms with E-state index in [4.69, 9.17) is 9.47 Å². The second-order valence-corrected chi connectivity index (χ2v) is 7.94. The minimum Gasteiger partial charge on any atom is -0.487 e. The van der Waals surface area contributed by atoms with E-state index in [2.05, 4.69) is 22.1 Å². The van der Waals surface area contributed by atoms with Crippen molar-refractivity contribution in [2.24, 2.45) is 0 Å². The maximum absolute atomic E-state index is 11.8. The summed E-state index contributed by atoms with van der Waals surface area (Å²) in [5.74, 6) is 5.05. The average molecular weight is 432 g/mol. The van der Waals surface area contributed by atoms with Crippen molar-refractivity contribution in [1.29, 1.82) is 0 Å². The second kappa shape index (κ2) is 9.84. The summed E-state index contributed by atoms with van der Waals surface area (Å²) in [5.41, 5.74) is 1.12. The summed E-state index contributed by atoms with van der Waals surface area (Å²) in [7, 11) is 0. The molecule has 0 radical (unpaired) electrons. The number of rotatable bonds is 5. The third kappa shape index (κ3) is 6.22. The number of nitrogens with one attached hydrogen (secondary N) is 1. The number of nitrogens with zero attached hydrogens (tertiary/aromatic N) is 1. The number of hydrogen-bond acceptors (Lipinski definition) is 5. The van der Waals surface area contributed by atoms with Gasteiger partial charge in [-0.25, -0.2) is 14.6 Å². The number of carbonyl (C=O) groups is 2. The predicted octanol–water partition coefficient (Wildman–Crippen LogP) is 4.39. The Balaban J connectivity index is 1.86. The lowest BCUT2D eigenvalue weighted by Crippen LogP contribution is -2.32. The molecule has 1 aromatic heterocycles. The van der Waals surface area contributed by atoms with Crippen molar-refractivity contribution in [3.8, 4) is 17.6 Å². The normalized spacial score (nSPS) is 10.7. The molecule has 7 heteroatoms. The number of para-hydroxylation sites is 1. The number of carbonyl (C=O) groups excluding carboxylic acids is 1. The third-order valence-electron chi connectivity index (χ3n) is 4.20. The highest BCUT2D eigenvalue weighted by atomic mass is 16.6. The molecule has 164 valence electrons. The Kier molecular flexibility index (Phi) is 6.96. The van der Waals surface area contributed by atoms with E-state index in [1.165, 1.54) is 6.07 Å². The average Bonchev–Trinajstić information content (AvgIpc) is 2.74. The van der Waals surface area contributed by atoms with Gasteiger partial charge in [-0.3, -0.25) is 0 Å². The van der Waals surface area contributed by atoms with Crippen LogP contribution in [0.15, 0.2) is 54.6 Å². The number of carboxylic acid groups (broad SMARTS) is 1. The van der Waals surface area contributed by atoms with Crippen molar-refractivity contribution in [3.05, 3.63) is 71.4 Å². The molecule has 0 aliphatic carbocycles. The Bertz CT molecular complexity index is 1190. The van der Waals surface area contributed by atoms with Crippen molar-refractivity contribution < 1.29 is 24.2 Å². The number of amides is 1. The summed E-state index contributed by atoms with van der Waals surface area (Å²) >= 11 is 0. The molecule has 0 atom stereocenters. The zero-order chi connectivity index (χ0) is 23.1. The smallest absolute Gasteiger partial charge is 0.408 e. The SMILES string of the molecule is CC(C)(C)OC(=O)NCC#Cc1cc(C(=O)O)nc2c(OCc3ccccc3)cccc12. The van der Waals surface area contributed by atoms with Gasteiger partial charge in [-0.1, -0.05) is 54.3 Å². The first-order chi connectivity index (χ1) is 15.2. The maximum Gasteiger partial charge on any atom is 0.408 e. The van der Waals surface area contributed by atoms with E-state index in [1.807, 2.05) is 30.3 Å². The fraction of sp³-hybridized carbons (Fsp3) is 0.240. The van der Waals surface area contributed by atoms with Crippen LogP contribution in [-0.4, -0.2) is 34.3 Å². The van der Waals surface area contributed by atoms with Gasteiger partial charge in [0.1, 0.15) is 29.2 Å². The summed E-state index contributed by atoms with van der Waals surface area (Å²) in [5, 5.41) is 12.7. The highest BCUT2D eigenvalue weighted by Crippen LogP contribution is 2.27. The number of alkyl carbamates (subject to hydrolysis) is 1. The molecule has 1 amide bonds. The summed E-state index contributed by atoms with van der Waals surface area (Å²) in [4.78, 5) is 27.6. The fourth-order valence-corrected chi connectivity index (χ4v) is 2.86. The quantitative estimate of drug-likeness (QED) is 0.581.